The van der Waals surface area contributed by atoms with Crippen LogP contribution in [0.5, 0.6) is 11.5 Å². The van der Waals surface area contributed by atoms with Gasteiger partial charge >= 0.3 is 0 Å². The lowest BCUT2D eigenvalue weighted by molar-refractivity contribution is 0.237. The van der Waals surface area contributed by atoms with Crippen LogP contribution in [0.4, 0.5) is 0 Å². The first-order chi connectivity index (χ1) is 17.4. The summed E-state index contributed by atoms with van der Waals surface area (Å²) in [4.78, 5) is 10.4. The lowest BCUT2D eigenvalue weighted by Crippen LogP contribution is -2.44. The lowest BCUT2D eigenvalue weighted by Gasteiger charge is -2.36. The molecule has 188 valence electrons. The van der Waals surface area contributed by atoms with Crippen molar-refractivity contribution >= 4 is 29.5 Å². The normalized spacial score (nSPS) is 24.8. The molecule has 36 heavy (non-hydrogen) atoms. The minimum Gasteiger partial charge on any atom is -0.493 e. The van der Waals surface area contributed by atoms with E-state index in [1.54, 1.807) is 14.2 Å². The molecule has 0 bridgehead atoms. The summed E-state index contributed by atoms with van der Waals surface area (Å²) in [5.41, 5.74) is 3.35. The van der Waals surface area contributed by atoms with Crippen molar-refractivity contribution in [2.75, 3.05) is 14.2 Å². The number of benzene rings is 2. The number of methoxy groups -OCH3 is 2. The fourth-order valence-electron chi connectivity index (χ4n) is 6.07. The number of para-hydroxylation sites is 1. The molecule has 1 aromatic heterocycles. The van der Waals surface area contributed by atoms with Crippen molar-refractivity contribution in [1.82, 2.24) is 14.9 Å². The number of likely N-dealkylation sites (tertiary alicyclic amines) is 1. The lowest BCUT2D eigenvalue weighted by atomic mass is 9.73. The van der Waals surface area contributed by atoms with Gasteiger partial charge in [0.1, 0.15) is 11.7 Å². The van der Waals surface area contributed by atoms with Crippen LogP contribution in [0.15, 0.2) is 30.3 Å². The number of ether oxygens (including phenoxy) is 2. The third kappa shape index (κ3) is 3.55. The molecule has 2 aromatic carbocycles. The Bertz CT molecular complexity index is 1320. The molecule has 2 N–H and O–H groups in total. The maximum absolute atomic E-state index is 10.9. The number of imidazole rings is 1. The smallest absolute Gasteiger partial charge is 0.181 e. The Morgan fingerprint density at radius 3 is 2.53 bits per heavy atom. The van der Waals surface area contributed by atoms with Crippen molar-refractivity contribution < 1.29 is 9.47 Å². The fraction of sp³-hybridized carbons (Fsp3) is 0.464. The number of rotatable bonds is 5. The Balaban J connectivity index is 1.76. The molecule has 3 unspecified atom stereocenters. The van der Waals surface area contributed by atoms with Gasteiger partial charge in [-0.3, -0.25) is 5.41 Å². The third-order valence-corrected chi connectivity index (χ3v) is 8.61. The van der Waals surface area contributed by atoms with Crippen molar-refractivity contribution in [3.05, 3.63) is 52.8 Å². The van der Waals surface area contributed by atoms with Gasteiger partial charge in [-0.2, -0.15) is 17.9 Å². The maximum atomic E-state index is 10.9. The molecule has 1 aliphatic heterocycles. The first-order valence-corrected chi connectivity index (χ1v) is 13.0. The Kier molecular flexibility index (Phi) is 6.37. The topological polar surface area (TPSA) is 98.0 Å². The maximum Gasteiger partial charge on any atom is 0.181 e. The molecule has 2 fully saturated rings. The third-order valence-electron chi connectivity index (χ3n) is 8.07. The van der Waals surface area contributed by atoms with Crippen LogP contribution in [0.2, 0.25) is 0 Å². The minimum atomic E-state index is -1.37. The van der Waals surface area contributed by atoms with Crippen molar-refractivity contribution in [2.45, 2.75) is 68.7 Å². The van der Waals surface area contributed by atoms with Crippen LogP contribution in [0.1, 0.15) is 60.5 Å². The van der Waals surface area contributed by atoms with Crippen molar-refractivity contribution in [3.63, 3.8) is 0 Å². The van der Waals surface area contributed by atoms with Gasteiger partial charge in [0.2, 0.25) is 0 Å². The number of nitrogens with zero attached hydrogens (tertiary/aromatic N) is 3. The standard InChI is InChI=1S/C28H33N5O2S/c1-16-13-20-21(14-17(16)2)32-27(31-20)28(15-29)23(19-11-8-12-22(34-3)24(19)35-4)25(36)33(26(28)30)18-9-6-5-7-10-18/h8,11-14,18,23,25,30,36H,5-7,9-10H2,1-4H3,(H,31,32). The number of hydrogen-bond donors (Lipinski definition) is 3. The molecule has 2 aliphatic rings. The van der Waals surface area contributed by atoms with Gasteiger partial charge in [0.15, 0.2) is 16.9 Å². The van der Waals surface area contributed by atoms with E-state index in [2.05, 4.69) is 35.9 Å². The number of nitrogens with one attached hydrogen (secondary N) is 2. The van der Waals surface area contributed by atoms with Gasteiger partial charge in [0.25, 0.3) is 0 Å². The highest BCUT2D eigenvalue weighted by Gasteiger charge is 2.62. The molecule has 1 saturated heterocycles. The number of fused-ring (bicyclic) bond motifs is 1. The van der Waals surface area contributed by atoms with E-state index < -0.39 is 16.7 Å². The second-order valence-electron chi connectivity index (χ2n) is 9.98. The number of aromatic amines is 1. The summed E-state index contributed by atoms with van der Waals surface area (Å²) in [5.74, 6) is 1.36. The Hall–Kier alpha value is -3.18. The van der Waals surface area contributed by atoms with Crippen LogP contribution in [-0.4, -0.2) is 46.3 Å². The molecule has 3 atom stereocenters. The zero-order chi connectivity index (χ0) is 25.6. The Morgan fingerprint density at radius 2 is 1.86 bits per heavy atom. The SMILES string of the molecule is COc1cccc(C2C(S)N(C3CCCCC3)C(=N)C2(C#N)c2nc3cc(C)c(C)cc3[nH]2)c1OC. The first kappa shape index (κ1) is 24.5. The fourth-order valence-corrected chi connectivity index (χ4v) is 6.76. The molecule has 1 aliphatic carbocycles. The van der Waals surface area contributed by atoms with Gasteiger partial charge in [-0.1, -0.05) is 31.4 Å². The van der Waals surface area contributed by atoms with E-state index >= 15 is 0 Å². The molecule has 0 radical (unpaired) electrons. The molecule has 0 spiro atoms. The van der Waals surface area contributed by atoms with Gasteiger partial charge in [0.05, 0.1) is 42.6 Å². The van der Waals surface area contributed by atoms with Crippen molar-refractivity contribution in [3.8, 4) is 17.6 Å². The summed E-state index contributed by atoms with van der Waals surface area (Å²) in [5, 5.41) is 20.0. The number of H-pyrrole nitrogens is 1. The van der Waals surface area contributed by atoms with E-state index in [1.807, 2.05) is 24.3 Å². The number of thiol groups is 1. The predicted molar refractivity (Wildman–Crippen MR) is 144 cm³/mol. The minimum absolute atomic E-state index is 0.164. The predicted octanol–water partition coefficient (Wildman–Crippen LogP) is 5.62. The van der Waals surface area contributed by atoms with Crippen molar-refractivity contribution in [1.29, 1.82) is 10.7 Å². The van der Waals surface area contributed by atoms with Crippen LogP contribution in [0.25, 0.3) is 11.0 Å². The first-order valence-electron chi connectivity index (χ1n) is 12.5. The van der Waals surface area contributed by atoms with E-state index in [4.69, 9.17) is 27.1 Å². The highest BCUT2D eigenvalue weighted by molar-refractivity contribution is 7.81. The van der Waals surface area contributed by atoms with Crippen LogP contribution >= 0.6 is 12.6 Å². The quantitative estimate of drug-likeness (QED) is 0.392. The average molecular weight is 504 g/mol. The summed E-state index contributed by atoms with van der Waals surface area (Å²) in [6, 6.07) is 12.5. The van der Waals surface area contributed by atoms with Gasteiger partial charge in [-0.15, -0.1) is 0 Å². The highest BCUT2D eigenvalue weighted by atomic mass is 32.1. The summed E-state index contributed by atoms with van der Waals surface area (Å²) in [7, 11) is 3.21. The van der Waals surface area contributed by atoms with Gasteiger partial charge in [0, 0.05) is 11.6 Å². The number of aromatic nitrogens is 2. The monoisotopic (exact) mass is 503 g/mol. The van der Waals surface area contributed by atoms with Gasteiger partial charge in [-0.05, 0) is 56.0 Å². The van der Waals surface area contributed by atoms with Crippen LogP contribution in [0, 0.1) is 30.6 Å². The second-order valence-corrected chi connectivity index (χ2v) is 10.5. The Labute approximate surface area is 217 Å². The molecule has 2 heterocycles. The summed E-state index contributed by atoms with van der Waals surface area (Å²) < 4.78 is 11.4. The van der Waals surface area contributed by atoms with Crippen LogP contribution < -0.4 is 9.47 Å². The second kappa shape index (κ2) is 9.36. The molecule has 5 rings (SSSR count). The number of aryl methyl sites for hydroxylation is 2. The number of nitriles is 1. The van der Waals surface area contributed by atoms with Crippen LogP contribution in [0.3, 0.4) is 0 Å². The molecule has 8 heteroatoms. The van der Waals surface area contributed by atoms with Crippen LogP contribution in [-0.2, 0) is 5.41 Å². The molecular weight excluding hydrogens is 470 g/mol. The molecule has 7 nitrogen and oxygen atoms in total. The van der Waals surface area contributed by atoms with Gasteiger partial charge in [-0.25, -0.2) is 4.98 Å². The van der Waals surface area contributed by atoms with E-state index in [0.29, 0.717) is 17.3 Å². The molecule has 1 saturated carbocycles. The zero-order valence-corrected chi connectivity index (χ0v) is 22.2. The van der Waals surface area contributed by atoms with E-state index in [1.165, 1.54) is 6.42 Å². The Morgan fingerprint density at radius 1 is 1.14 bits per heavy atom. The van der Waals surface area contributed by atoms with Crippen molar-refractivity contribution in [2.24, 2.45) is 0 Å². The summed E-state index contributed by atoms with van der Waals surface area (Å²) >= 11 is 5.12. The van der Waals surface area contributed by atoms with E-state index in [0.717, 1.165) is 53.4 Å². The molecular formula is C28H33N5O2S. The highest BCUT2D eigenvalue weighted by Crippen LogP contribution is 2.55. The molecule has 0 amide bonds. The zero-order valence-electron chi connectivity index (χ0n) is 21.3. The number of amidine groups is 1. The molecule has 3 aromatic rings. The largest absolute Gasteiger partial charge is 0.493 e. The van der Waals surface area contributed by atoms with Gasteiger partial charge < -0.3 is 19.4 Å². The number of hydrogen-bond acceptors (Lipinski definition) is 6. The average Bonchev–Trinajstić information content (AvgIpc) is 3.39. The van der Waals surface area contributed by atoms with E-state index in [9.17, 15) is 10.7 Å². The summed E-state index contributed by atoms with van der Waals surface area (Å²) in [6.45, 7) is 4.12. The van der Waals surface area contributed by atoms with E-state index in [-0.39, 0.29) is 11.9 Å². The summed E-state index contributed by atoms with van der Waals surface area (Å²) in [6.07, 6.45) is 5.41.